The van der Waals surface area contributed by atoms with Gasteiger partial charge in [0.05, 0.1) is 11.3 Å². The van der Waals surface area contributed by atoms with Gasteiger partial charge in [0.1, 0.15) is 5.69 Å². The molecule has 6 nitrogen and oxygen atoms in total. The van der Waals surface area contributed by atoms with Crippen molar-refractivity contribution in [1.82, 2.24) is 24.9 Å². The Morgan fingerprint density at radius 1 is 1.00 bits per heavy atom. The molecule has 0 radical (unpaired) electrons. The standard InChI is InChI=1S/C17H10F3N5O/c18-17(19,20)12-4-1-3-11(9-12)15-23-16(26-24-15)14-10-13(5-7-21-14)25-8-2-6-22-25/h1-10H. The highest BCUT2D eigenvalue weighted by molar-refractivity contribution is 5.59. The summed E-state index contributed by atoms with van der Waals surface area (Å²) in [6, 6.07) is 9.96. The largest absolute Gasteiger partial charge is 0.416 e. The normalized spacial score (nSPS) is 11.7. The van der Waals surface area contributed by atoms with Crippen LogP contribution in [0, 0.1) is 0 Å². The second-order valence-corrected chi connectivity index (χ2v) is 5.35. The molecule has 0 bridgehead atoms. The molecule has 0 spiro atoms. The highest BCUT2D eigenvalue weighted by atomic mass is 19.4. The minimum atomic E-state index is -4.44. The number of rotatable bonds is 3. The monoisotopic (exact) mass is 357 g/mol. The SMILES string of the molecule is FC(F)(F)c1cccc(-c2noc(-c3cc(-n4cccn4)ccn3)n2)c1. The first-order chi connectivity index (χ1) is 12.5. The van der Waals surface area contributed by atoms with E-state index < -0.39 is 11.7 Å². The molecule has 0 N–H and O–H groups in total. The number of aromatic nitrogens is 5. The fourth-order valence-corrected chi connectivity index (χ4v) is 2.38. The average Bonchev–Trinajstić information content (AvgIpc) is 3.33. The van der Waals surface area contributed by atoms with Crippen molar-refractivity contribution in [2.45, 2.75) is 6.18 Å². The van der Waals surface area contributed by atoms with Gasteiger partial charge in [0.25, 0.3) is 5.89 Å². The second-order valence-electron chi connectivity index (χ2n) is 5.35. The molecular formula is C17H10F3N5O. The van der Waals surface area contributed by atoms with Crippen molar-refractivity contribution in [3.8, 4) is 28.7 Å². The number of hydrogen-bond acceptors (Lipinski definition) is 5. The summed E-state index contributed by atoms with van der Waals surface area (Å²) in [5.74, 6) is 0.156. The molecule has 0 aliphatic rings. The van der Waals surface area contributed by atoms with E-state index in [0.29, 0.717) is 5.69 Å². The summed E-state index contributed by atoms with van der Waals surface area (Å²) in [6.07, 6.45) is 0.516. The predicted octanol–water partition coefficient (Wildman–Crippen LogP) is 4.00. The van der Waals surface area contributed by atoms with Crippen LogP contribution < -0.4 is 0 Å². The maximum Gasteiger partial charge on any atom is 0.416 e. The van der Waals surface area contributed by atoms with Gasteiger partial charge in [0.2, 0.25) is 5.82 Å². The van der Waals surface area contributed by atoms with E-state index in [1.54, 1.807) is 41.5 Å². The van der Waals surface area contributed by atoms with Crippen LogP contribution in [0.4, 0.5) is 13.2 Å². The van der Waals surface area contributed by atoms with Crippen molar-refractivity contribution >= 4 is 0 Å². The molecule has 0 fully saturated rings. The molecule has 9 heteroatoms. The Morgan fingerprint density at radius 3 is 2.65 bits per heavy atom. The molecule has 3 heterocycles. The molecule has 1 aromatic carbocycles. The zero-order chi connectivity index (χ0) is 18.1. The minimum Gasteiger partial charge on any atom is -0.332 e. The number of pyridine rings is 1. The van der Waals surface area contributed by atoms with Crippen LogP contribution in [-0.4, -0.2) is 24.9 Å². The summed E-state index contributed by atoms with van der Waals surface area (Å²) in [5.41, 5.74) is 0.556. The lowest BCUT2D eigenvalue weighted by Gasteiger charge is -2.06. The van der Waals surface area contributed by atoms with Crippen LogP contribution in [0.15, 0.2) is 65.6 Å². The van der Waals surface area contributed by atoms with E-state index in [4.69, 9.17) is 4.52 Å². The maximum atomic E-state index is 12.9. The summed E-state index contributed by atoms with van der Waals surface area (Å²) < 4.78 is 45.4. The van der Waals surface area contributed by atoms with E-state index in [2.05, 4.69) is 20.2 Å². The molecule has 0 amide bonds. The van der Waals surface area contributed by atoms with E-state index in [-0.39, 0.29) is 17.3 Å². The Morgan fingerprint density at radius 2 is 1.88 bits per heavy atom. The zero-order valence-electron chi connectivity index (χ0n) is 13.1. The molecule has 0 unspecified atom stereocenters. The third-order valence-corrected chi connectivity index (χ3v) is 3.61. The van der Waals surface area contributed by atoms with Crippen molar-refractivity contribution in [3.05, 3.63) is 66.6 Å². The summed E-state index contributed by atoms with van der Waals surface area (Å²) in [5, 5.41) is 7.88. The van der Waals surface area contributed by atoms with Crippen LogP contribution in [0.1, 0.15) is 5.56 Å². The van der Waals surface area contributed by atoms with Crippen LogP contribution in [0.25, 0.3) is 28.7 Å². The van der Waals surface area contributed by atoms with Gasteiger partial charge in [-0.25, -0.2) is 4.68 Å². The molecule has 0 saturated heterocycles. The van der Waals surface area contributed by atoms with Crippen LogP contribution in [-0.2, 0) is 6.18 Å². The number of hydrogen-bond donors (Lipinski definition) is 0. The lowest BCUT2D eigenvalue weighted by Crippen LogP contribution is -2.04. The lowest BCUT2D eigenvalue weighted by atomic mass is 10.1. The molecule has 0 saturated carbocycles. The molecule has 26 heavy (non-hydrogen) atoms. The zero-order valence-corrected chi connectivity index (χ0v) is 13.1. The number of alkyl halides is 3. The number of nitrogens with zero attached hydrogens (tertiary/aromatic N) is 5. The van der Waals surface area contributed by atoms with E-state index >= 15 is 0 Å². The van der Waals surface area contributed by atoms with E-state index in [1.807, 2.05) is 0 Å². The Labute approximate surface area is 144 Å². The van der Waals surface area contributed by atoms with Crippen LogP contribution in [0.3, 0.4) is 0 Å². The fourth-order valence-electron chi connectivity index (χ4n) is 2.38. The average molecular weight is 357 g/mol. The van der Waals surface area contributed by atoms with E-state index in [1.165, 1.54) is 12.1 Å². The molecule has 0 aliphatic carbocycles. The smallest absolute Gasteiger partial charge is 0.332 e. The predicted molar refractivity (Wildman–Crippen MR) is 85.1 cm³/mol. The first-order valence-electron chi connectivity index (χ1n) is 7.48. The van der Waals surface area contributed by atoms with Gasteiger partial charge in [0, 0.05) is 24.2 Å². The van der Waals surface area contributed by atoms with E-state index in [0.717, 1.165) is 17.8 Å². The molecule has 0 aliphatic heterocycles. The summed E-state index contributed by atoms with van der Waals surface area (Å²) >= 11 is 0. The van der Waals surface area contributed by atoms with Crippen molar-refractivity contribution in [1.29, 1.82) is 0 Å². The quantitative estimate of drug-likeness (QED) is 0.554. The van der Waals surface area contributed by atoms with Crippen LogP contribution in [0.2, 0.25) is 0 Å². The summed E-state index contributed by atoms with van der Waals surface area (Å²) in [4.78, 5) is 8.33. The number of benzene rings is 1. The third kappa shape index (κ3) is 3.06. The van der Waals surface area contributed by atoms with Gasteiger partial charge in [-0.15, -0.1) is 0 Å². The first kappa shape index (κ1) is 16.0. The Kier molecular flexibility index (Phi) is 3.76. The maximum absolute atomic E-state index is 12.9. The van der Waals surface area contributed by atoms with Gasteiger partial charge in [0.15, 0.2) is 0 Å². The van der Waals surface area contributed by atoms with Gasteiger partial charge >= 0.3 is 6.18 Å². The molecular weight excluding hydrogens is 347 g/mol. The topological polar surface area (TPSA) is 69.6 Å². The van der Waals surface area contributed by atoms with Crippen LogP contribution >= 0.6 is 0 Å². The second kappa shape index (κ2) is 6.10. The Hall–Kier alpha value is -3.49. The summed E-state index contributed by atoms with van der Waals surface area (Å²) in [6.45, 7) is 0. The molecule has 130 valence electrons. The van der Waals surface area contributed by atoms with Crippen molar-refractivity contribution in [3.63, 3.8) is 0 Å². The Bertz CT molecular complexity index is 1040. The van der Waals surface area contributed by atoms with Gasteiger partial charge < -0.3 is 4.52 Å². The third-order valence-electron chi connectivity index (χ3n) is 3.61. The van der Waals surface area contributed by atoms with Gasteiger partial charge in [-0.1, -0.05) is 17.3 Å². The van der Waals surface area contributed by atoms with Crippen molar-refractivity contribution in [2.24, 2.45) is 0 Å². The minimum absolute atomic E-state index is 0.0531. The molecule has 0 atom stereocenters. The molecule has 4 rings (SSSR count). The highest BCUT2D eigenvalue weighted by Gasteiger charge is 2.30. The lowest BCUT2D eigenvalue weighted by molar-refractivity contribution is -0.137. The Balaban J connectivity index is 1.68. The van der Waals surface area contributed by atoms with Crippen molar-refractivity contribution in [2.75, 3.05) is 0 Å². The highest BCUT2D eigenvalue weighted by Crippen LogP contribution is 2.32. The van der Waals surface area contributed by atoms with Gasteiger partial charge in [-0.05, 0) is 30.3 Å². The fraction of sp³-hybridized carbons (Fsp3) is 0.0588. The van der Waals surface area contributed by atoms with Gasteiger partial charge in [-0.2, -0.15) is 23.3 Å². The van der Waals surface area contributed by atoms with Crippen molar-refractivity contribution < 1.29 is 17.7 Å². The van der Waals surface area contributed by atoms with Crippen LogP contribution in [0.5, 0.6) is 0 Å². The van der Waals surface area contributed by atoms with E-state index in [9.17, 15) is 13.2 Å². The number of halogens is 3. The first-order valence-corrected chi connectivity index (χ1v) is 7.48. The van der Waals surface area contributed by atoms with Gasteiger partial charge in [-0.3, -0.25) is 4.98 Å². The molecule has 4 aromatic rings. The molecule has 3 aromatic heterocycles. The summed E-state index contributed by atoms with van der Waals surface area (Å²) in [7, 11) is 0.